The predicted molar refractivity (Wildman–Crippen MR) is 153 cm³/mol. The zero-order chi connectivity index (χ0) is 28.8. The molecule has 0 radical (unpaired) electrons. The molecule has 2 heterocycles. The normalized spacial score (nSPS) is 20.4. The van der Waals surface area contributed by atoms with Crippen molar-refractivity contribution in [2.24, 2.45) is 5.16 Å². The summed E-state index contributed by atoms with van der Waals surface area (Å²) in [6.45, 7) is 0.801. The molecule has 4 aromatic rings. The van der Waals surface area contributed by atoms with Crippen molar-refractivity contribution in [3.05, 3.63) is 141 Å². The Morgan fingerprint density at radius 3 is 1.83 bits per heavy atom. The second-order valence-electron chi connectivity index (χ2n) is 10.5. The third kappa shape index (κ3) is 5.12. The fourth-order valence-corrected chi connectivity index (χ4v) is 6.22. The second kappa shape index (κ2) is 10.5. The molecule has 0 unspecified atom stereocenters. The van der Waals surface area contributed by atoms with Crippen LogP contribution in [-0.2, 0) is 16.0 Å². The average molecular weight is 597 g/mol. The number of aliphatic hydroxyl groups is 1. The van der Waals surface area contributed by atoms with Crippen molar-refractivity contribution in [2.45, 2.75) is 29.8 Å². The largest absolute Gasteiger partial charge is 0.435 e. The van der Waals surface area contributed by atoms with Crippen LogP contribution in [0.15, 0.2) is 108 Å². The second-order valence-corrected chi connectivity index (χ2v) is 11.4. The first-order chi connectivity index (χ1) is 19.6. The molecule has 2 aliphatic rings. The van der Waals surface area contributed by atoms with E-state index in [2.05, 4.69) is 34.3 Å². The predicted octanol–water partition coefficient (Wildman–Crippen LogP) is 7.87. The van der Waals surface area contributed by atoms with Crippen molar-refractivity contribution in [2.75, 3.05) is 13.1 Å². The average Bonchev–Trinajstić information content (AvgIpc) is 3.40. The molecule has 0 saturated carbocycles. The van der Waals surface area contributed by atoms with E-state index in [-0.39, 0.29) is 27.4 Å². The van der Waals surface area contributed by atoms with Gasteiger partial charge in [0.1, 0.15) is 5.60 Å². The van der Waals surface area contributed by atoms with Gasteiger partial charge in [0, 0.05) is 35.1 Å². The highest BCUT2D eigenvalue weighted by molar-refractivity contribution is 6.34. The van der Waals surface area contributed by atoms with E-state index in [9.17, 15) is 18.3 Å². The lowest BCUT2D eigenvalue weighted by atomic mass is 9.81. The summed E-state index contributed by atoms with van der Waals surface area (Å²) in [5.74, 6) is 0. The molecule has 1 saturated heterocycles. The molecule has 0 aromatic heterocycles. The van der Waals surface area contributed by atoms with Gasteiger partial charge in [-0.05, 0) is 40.5 Å². The Bertz CT molecular complexity index is 1510. The lowest BCUT2D eigenvalue weighted by Gasteiger charge is -2.50. The van der Waals surface area contributed by atoms with Crippen molar-refractivity contribution >= 4 is 28.9 Å². The summed E-state index contributed by atoms with van der Waals surface area (Å²) in [5, 5.41) is 15.4. The molecule has 41 heavy (non-hydrogen) atoms. The van der Waals surface area contributed by atoms with Gasteiger partial charge >= 0.3 is 6.18 Å². The maximum atomic E-state index is 14.4. The maximum absolute atomic E-state index is 14.4. The Balaban J connectivity index is 1.21. The molecule has 4 nitrogen and oxygen atoms in total. The van der Waals surface area contributed by atoms with E-state index < -0.39 is 23.8 Å². The molecule has 1 atom stereocenters. The van der Waals surface area contributed by atoms with Gasteiger partial charge < -0.3 is 9.94 Å². The molecular formula is C32H25Cl2F3N2O2. The Morgan fingerprint density at radius 2 is 1.32 bits per heavy atom. The third-order valence-corrected chi connectivity index (χ3v) is 8.23. The minimum Gasteiger partial charge on any atom is -0.382 e. The maximum Gasteiger partial charge on any atom is 0.435 e. The monoisotopic (exact) mass is 596 g/mol. The van der Waals surface area contributed by atoms with E-state index in [1.165, 1.54) is 18.2 Å². The minimum atomic E-state index is -4.77. The van der Waals surface area contributed by atoms with Crippen LogP contribution < -0.4 is 0 Å². The number of likely N-dealkylation sites (tertiary alicyclic amines) is 1. The van der Waals surface area contributed by atoms with Gasteiger partial charge in [-0.25, -0.2) is 0 Å². The lowest BCUT2D eigenvalue weighted by Crippen LogP contribution is -2.60. The smallest absolute Gasteiger partial charge is 0.382 e. The van der Waals surface area contributed by atoms with E-state index in [0.717, 1.165) is 11.1 Å². The number of oxime groups is 1. The first-order valence-electron chi connectivity index (χ1n) is 13.0. The van der Waals surface area contributed by atoms with Crippen molar-refractivity contribution in [1.82, 2.24) is 4.90 Å². The standard InChI is InChI=1S/C32H25Cl2F3N2O2/c33-26-15-25(16-27(34)17-26)31(32(35,36)37)18-28(38-41-31)21-11-13-24(14-12-21)30(40)19-39(20-30)29(22-7-3-1-4-8-22)23-9-5-2-6-10-23/h1-17,29,40H,18-20H2/t31-/m1/s1. The molecule has 210 valence electrons. The molecule has 1 fully saturated rings. The molecule has 6 rings (SSSR count). The number of halogens is 5. The van der Waals surface area contributed by atoms with E-state index in [4.69, 9.17) is 28.0 Å². The van der Waals surface area contributed by atoms with Crippen LogP contribution in [0.2, 0.25) is 10.0 Å². The first kappa shape index (κ1) is 27.8. The van der Waals surface area contributed by atoms with Gasteiger partial charge in [-0.15, -0.1) is 0 Å². The number of β-amino-alcohol motifs (C(OH)–C–C–N with tert-alkyl or cyclic N) is 1. The van der Waals surface area contributed by atoms with Gasteiger partial charge in [-0.3, -0.25) is 4.90 Å². The highest BCUT2D eigenvalue weighted by Gasteiger charge is 2.62. The molecular weight excluding hydrogens is 572 g/mol. The summed E-state index contributed by atoms with van der Waals surface area (Å²) < 4.78 is 43.1. The van der Waals surface area contributed by atoms with Crippen LogP contribution in [-0.4, -0.2) is 35.0 Å². The molecule has 1 N–H and O–H groups in total. The highest BCUT2D eigenvalue weighted by atomic mass is 35.5. The van der Waals surface area contributed by atoms with Crippen LogP contribution in [0.5, 0.6) is 0 Å². The van der Waals surface area contributed by atoms with Crippen LogP contribution in [0, 0.1) is 0 Å². The number of alkyl halides is 3. The summed E-state index contributed by atoms with van der Waals surface area (Å²) >= 11 is 12.0. The molecule has 0 spiro atoms. The zero-order valence-corrected chi connectivity index (χ0v) is 23.2. The van der Waals surface area contributed by atoms with Gasteiger partial charge in [-0.1, -0.05) is 113 Å². The van der Waals surface area contributed by atoms with Crippen LogP contribution in [0.4, 0.5) is 13.2 Å². The summed E-state index contributed by atoms with van der Waals surface area (Å²) in [7, 11) is 0. The molecule has 9 heteroatoms. The number of benzene rings is 4. The van der Waals surface area contributed by atoms with Crippen molar-refractivity contribution in [3.63, 3.8) is 0 Å². The topological polar surface area (TPSA) is 45.1 Å². The number of nitrogens with zero attached hydrogens (tertiary/aromatic N) is 2. The summed E-state index contributed by atoms with van der Waals surface area (Å²) in [4.78, 5) is 7.32. The van der Waals surface area contributed by atoms with E-state index >= 15 is 0 Å². The molecule has 0 amide bonds. The molecule has 0 bridgehead atoms. The zero-order valence-electron chi connectivity index (χ0n) is 21.7. The minimum absolute atomic E-state index is 0.0163. The Labute approximate surface area is 245 Å². The highest BCUT2D eigenvalue weighted by Crippen LogP contribution is 2.50. The van der Waals surface area contributed by atoms with E-state index in [0.29, 0.717) is 24.2 Å². The first-order valence-corrected chi connectivity index (χ1v) is 13.8. The molecule has 0 aliphatic carbocycles. The van der Waals surface area contributed by atoms with Crippen molar-refractivity contribution in [1.29, 1.82) is 0 Å². The SMILES string of the molecule is OC1(c2ccc(C3=NO[C@](c4cc(Cl)cc(Cl)c4)(C(F)(F)F)C3)cc2)CN(C(c2ccccc2)c2ccccc2)C1. The van der Waals surface area contributed by atoms with E-state index in [1.54, 1.807) is 24.3 Å². The molecule has 2 aliphatic heterocycles. The lowest BCUT2D eigenvalue weighted by molar-refractivity contribution is -0.275. The number of hydrogen-bond acceptors (Lipinski definition) is 4. The quantitative estimate of drug-likeness (QED) is 0.246. The Morgan fingerprint density at radius 1 is 0.780 bits per heavy atom. The Kier molecular flexibility index (Phi) is 7.10. The van der Waals surface area contributed by atoms with Gasteiger partial charge in [0.25, 0.3) is 5.60 Å². The fourth-order valence-electron chi connectivity index (χ4n) is 5.69. The summed E-state index contributed by atoms with van der Waals surface area (Å²) in [5.41, 5.74) is -0.462. The molecule has 4 aromatic carbocycles. The third-order valence-electron chi connectivity index (χ3n) is 7.80. The van der Waals surface area contributed by atoms with Crippen LogP contribution in [0.25, 0.3) is 0 Å². The van der Waals surface area contributed by atoms with Gasteiger partial charge in [-0.2, -0.15) is 13.2 Å². The van der Waals surface area contributed by atoms with Crippen LogP contribution in [0.1, 0.15) is 40.3 Å². The van der Waals surface area contributed by atoms with Crippen molar-refractivity contribution < 1.29 is 23.1 Å². The number of hydrogen-bond donors (Lipinski definition) is 1. The fraction of sp³-hybridized carbons (Fsp3) is 0.219. The van der Waals surface area contributed by atoms with Gasteiger partial charge in [0.2, 0.25) is 0 Å². The number of rotatable bonds is 6. The van der Waals surface area contributed by atoms with Crippen LogP contribution in [0.3, 0.4) is 0 Å². The van der Waals surface area contributed by atoms with Crippen LogP contribution >= 0.6 is 23.2 Å². The van der Waals surface area contributed by atoms with Gasteiger partial charge in [0.05, 0.1) is 11.8 Å². The summed E-state index contributed by atoms with van der Waals surface area (Å²) in [6, 6.07) is 30.8. The summed E-state index contributed by atoms with van der Waals surface area (Å²) in [6.07, 6.45) is -5.31. The van der Waals surface area contributed by atoms with Crippen molar-refractivity contribution in [3.8, 4) is 0 Å². The Hall–Kier alpha value is -3.36. The van der Waals surface area contributed by atoms with E-state index in [1.807, 2.05) is 36.4 Å². The van der Waals surface area contributed by atoms with Gasteiger partial charge in [0.15, 0.2) is 0 Å².